The Hall–Kier alpha value is -1.12. The number of halogens is 2. The second-order valence-corrected chi connectivity index (χ2v) is 6.11. The van der Waals surface area contributed by atoms with Crippen LogP contribution in [0.15, 0.2) is 53.0 Å². The minimum Gasteiger partial charge on any atom is -0.299 e. The van der Waals surface area contributed by atoms with Gasteiger partial charge < -0.3 is 0 Å². The molecule has 0 unspecified atom stereocenters. The Morgan fingerprint density at radius 1 is 1.10 bits per heavy atom. The number of carbonyl (C=O) groups is 1. The molecule has 0 aromatic heterocycles. The van der Waals surface area contributed by atoms with E-state index in [2.05, 4.69) is 28.1 Å². The fourth-order valence-corrected chi connectivity index (χ4v) is 2.84. The molecule has 2 rings (SSSR count). The third kappa shape index (κ3) is 4.77. The van der Waals surface area contributed by atoms with Crippen molar-refractivity contribution < 1.29 is 4.79 Å². The molecule has 0 aliphatic carbocycles. The first-order valence-electron chi connectivity index (χ1n) is 6.65. The van der Waals surface area contributed by atoms with Crippen LogP contribution in [-0.2, 0) is 17.6 Å². The van der Waals surface area contributed by atoms with E-state index in [0.717, 1.165) is 22.9 Å². The summed E-state index contributed by atoms with van der Waals surface area (Å²) in [6.45, 7) is 0. The Kier molecular flexibility index (Phi) is 5.81. The van der Waals surface area contributed by atoms with Crippen LogP contribution in [0.5, 0.6) is 0 Å². The zero-order valence-electron chi connectivity index (χ0n) is 11.1. The zero-order chi connectivity index (χ0) is 14.4. The van der Waals surface area contributed by atoms with E-state index in [1.807, 2.05) is 36.4 Å². The number of aryl methyl sites for hydroxylation is 1. The Morgan fingerprint density at radius 2 is 1.85 bits per heavy atom. The molecule has 2 aromatic rings. The topological polar surface area (TPSA) is 17.1 Å². The highest BCUT2D eigenvalue weighted by molar-refractivity contribution is 9.10. The molecule has 0 heterocycles. The largest absolute Gasteiger partial charge is 0.299 e. The Balaban J connectivity index is 1.81. The second-order valence-electron chi connectivity index (χ2n) is 4.79. The van der Waals surface area contributed by atoms with Gasteiger partial charge in [0, 0.05) is 22.3 Å². The molecule has 2 aromatic carbocycles. The van der Waals surface area contributed by atoms with Gasteiger partial charge in [0.2, 0.25) is 0 Å². The summed E-state index contributed by atoms with van der Waals surface area (Å²) in [4.78, 5) is 12.0. The van der Waals surface area contributed by atoms with Gasteiger partial charge in [0.1, 0.15) is 5.78 Å². The van der Waals surface area contributed by atoms with Crippen LogP contribution in [-0.4, -0.2) is 5.78 Å². The second kappa shape index (κ2) is 7.61. The normalized spacial score (nSPS) is 10.5. The van der Waals surface area contributed by atoms with Crippen molar-refractivity contribution in [1.82, 2.24) is 0 Å². The molecule has 0 bridgehead atoms. The lowest BCUT2D eigenvalue weighted by Crippen LogP contribution is -2.03. The first kappa shape index (κ1) is 15.3. The minimum atomic E-state index is 0.241. The number of rotatable bonds is 6. The van der Waals surface area contributed by atoms with Crippen LogP contribution in [0.4, 0.5) is 0 Å². The number of ketones is 1. The van der Waals surface area contributed by atoms with Crippen LogP contribution in [0.1, 0.15) is 24.0 Å². The molecule has 104 valence electrons. The summed E-state index contributed by atoms with van der Waals surface area (Å²) in [5.41, 5.74) is 2.18. The van der Waals surface area contributed by atoms with E-state index in [-0.39, 0.29) is 5.78 Å². The molecule has 3 heteroatoms. The molecule has 20 heavy (non-hydrogen) atoms. The summed E-state index contributed by atoms with van der Waals surface area (Å²) < 4.78 is 0.933. The third-order valence-corrected chi connectivity index (χ3v) is 4.01. The average molecular weight is 352 g/mol. The summed E-state index contributed by atoms with van der Waals surface area (Å²) >= 11 is 9.48. The fourth-order valence-electron chi connectivity index (χ4n) is 2.10. The van der Waals surface area contributed by atoms with Gasteiger partial charge in [-0.2, -0.15) is 0 Å². The van der Waals surface area contributed by atoms with Gasteiger partial charge in [-0.1, -0.05) is 63.9 Å². The van der Waals surface area contributed by atoms with Crippen molar-refractivity contribution >= 4 is 33.3 Å². The Morgan fingerprint density at radius 3 is 2.55 bits per heavy atom. The average Bonchev–Trinajstić information content (AvgIpc) is 2.43. The van der Waals surface area contributed by atoms with Gasteiger partial charge in [0.25, 0.3) is 0 Å². The summed E-state index contributed by atoms with van der Waals surface area (Å²) in [5.74, 6) is 0.241. The van der Waals surface area contributed by atoms with Gasteiger partial charge in [-0.3, -0.25) is 4.79 Å². The van der Waals surface area contributed by atoms with Crippen LogP contribution in [0.25, 0.3) is 0 Å². The molecule has 0 saturated carbocycles. The quantitative estimate of drug-likeness (QED) is 0.696. The molecule has 0 atom stereocenters. The van der Waals surface area contributed by atoms with Crippen LogP contribution in [0, 0.1) is 0 Å². The lowest BCUT2D eigenvalue weighted by Gasteiger charge is -2.05. The molecule has 0 amide bonds. The van der Waals surface area contributed by atoms with E-state index in [4.69, 9.17) is 11.6 Å². The molecule has 0 aliphatic rings. The van der Waals surface area contributed by atoms with Gasteiger partial charge >= 0.3 is 0 Å². The van der Waals surface area contributed by atoms with Crippen molar-refractivity contribution in [3.63, 3.8) is 0 Å². The number of hydrogen-bond acceptors (Lipinski definition) is 1. The zero-order valence-corrected chi connectivity index (χ0v) is 13.5. The fraction of sp³-hybridized carbons (Fsp3) is 0.235. The predicted octanol–water partition coefficient (Wildman–Crippen LogP) is 5.24. The molecule has 0 fully saturated rings. The van der Waals surface area contributed by atoms with Gasteiger partial charge in [0.15, 0.2) is 0 Å². The van der Waals surface area contributed by atoms with Gasteiger partial charge in [0.05, 0.1) is 0 Å². The number of Topliss-reactive ketones (excluding diaryl/α,β-unsaturated/α-hetero) is 1. The van der Waals surface area contributed by atoms with E-state index in [9.17, 15) is 4.79 Å². The molecule has 0 spiro atoms. The highest BCUT2D eigenvalue weighted by Crippen LogP contribution is 2.22. The van der Waals surface area contributed by atoms with Gasteiger partial charge in [-0.05, 0) is 36.1 Å². The number of benzene rings is 2. The van der Waals surface area contributed by atoms with E-state index in [1.165, 1.54) is 5.56 Å². The highest BCUT2D eigenvalue weighted by atomic mass is 79.9. The van der Waals surface area contributed by atoms with E-state index in [0.29, 0.717) is 17.9 Å². The van der Waals surface area contributed by atoms with Crippen molar-refractivity contribution in [3.05, 3.63) is 69.2 Å². The maximum atomic E-state index is 12.0. The van der Waals surface area contributed by atoms with Crippen LogP contribution in [0.2, 0.25) is 5.02 Å². The summed E-state index contributed by atoms with van der Waals surface area (Å²) in [6.07, 6.45) is 2.85. The minimum absolute atomic E-state index is 0.241. The lowest BCUT2D eigenvalue weighted by atomic mass is 10.0. The maximum Gasteiger partial charge on any atom is 0.137 e. The molecular weight excluding hydrogens is 336 g/mol. The van der Waals surface area contributed by atoms with E-state index in [1.54, 1.807) is 0 Å². The maximum absolute atomic E-state index is 12.0. The van der Waals surface area contributed by atoms with E-state index < -0.39 is 0 Å². The van der Waals surface area contributed by atoms with Crippen LogP contribution < -0.4 is 0 Å². The van der Waals surface area contributed by atoms with Crippen LogP contribution >= 0.6 is 27.5 Å². The van der Waals surface area contributed by atoms with E-state index >= 15 is 0 Å². The molecule has 0 saturated heterocycles. The Labute approximate surface area is 133 Å². The summed E-state index contributed by atoms with van der Waals surface area (Å²) in [5, 5.41) is 0.649. The lowest BCUT2D eigenvalue weighted by molar-refractivity contribution is -0.118. The summed E-state index contributed by atoms with van der Waals surface area (Å²) in [7, 11) is 0. The smallest absolute Gasteiger partial charge is 0.137 e. The molecule has 1 nitrogen and oxygen atoms in total. The van der Waals surface area contributed by atoms with Gasteiger partial charge in [-0.15, -0.1) is 0 Å². The number of carbonyl (C=O) groups excluding carboxylic acids is 1. The monoisotopic (exact) mass is 350 g/mol. The van der Waals surface area contributed by atoms with Crippen LogP contribution in [0.3, 0.4) is 0 Å². The first-order valence-corrected chi connectivity index (χ1v) is 7.82. The first-order chi connectivity index (χ1) is 9.65. The standard InChI is InChI=1S/C17H16BrClO/c18-15-10-9-14(17(19)12-15)11-16(20)8-4-7-13-5-2-1-3-6-13/h1-3,5-6,9-10,12H,4,7-8,11H2. The van der Waals surface area contributed by atoms with Crippen molar-refractivity contribution in [2.75, 3.05) is 0 Å². The highest BCUT2D eigenvalue weighted by Gasteiger charge is 2.07. The predicted molar refractivity (Wildman–Crippen MR) is 87.2 cm³/mol. The van der Waals surface area contributed by atoms with Crippen molar-refractivity contribution in [2.24, 2.45) is 0 Å². The van der Waals surface area contributed by atoms with Gasteiger partial charge in [-0.25, -0.2) is 0 Å². The summed E-state index contributed by atoms with van der Waals surface area (Å²) in [6, 6.07) is 15.9. The van der Waals surface area contributed by atoms with Crippen molar-refractivity contribution in [1.29, 1.82) is 0 Å². The van der Waals surface area contributed by atoms with Crippen molar-refractivity contribution in [2.45, 2.75) is 25.7 Å². The molecule has 0 aliphatic heterocycles. The Bertz CT molecular complexity index is 581. The molecular formula is C17H16BrClO. The molecule has 0 radical (unpaired) electrons. The third-order valence-electron chi connectivity index (χ3n) is 3.17. The SMILES string of the molecule is O=C(CCCc1ccccc1)Cc1ccc(Br)cc1Cl. The van der Waals surface area contributed by atoms with Crippen molar-refractivity contribution in [3.8, 4) is 0 Å². The molecule has 0 N–H and O–H groups in total. The number of hydrogen-bond donors (Lipinski definition) is 0.